The van der Waals surface area contributed by atoms with Gasteiger partial charge in [-0.1, -0.05) is 39.8 Å². The number of carbonyl (C=O) groups excluding carboxylic acids is 2. The van der Waals surface area contributed by atoms with E-state index in [1.807, 2.05) is 45.9 Å². The first-order chi connectivity index (χ1) is 16.0. The van der Waals surface area contributed by atoms with Crippen molar-refractivity contribution in [1.29, 1.82) is 0 Å². The summed E-state index contributed by atoms with van der Waals surface area (Å²) in [7, 11) is 0. The molecule has 34 heavy (non-hydrogen) atoms. The Morgan fingerprint density at radius 1 is 1.06 bits per heavy atom. The van der Waals surface area contributed by atoms with E-state index in [2.05, 4.69) is 31.0 Å². The van der Waals surface area contributed by atoms with Crippen LogP contribution in [0.1, 0.15) is 61.4 Å². The molecule has 1 amide bonds. The predicted octanol–water partition coefficient (Wildman–Crippen LogP) is 3.03. The van der Waals surface area contributed by atoms with Gasteiger partial charge in [-0.2, -0.15) is 0 Å². The third kappa shape index (κ3) is 7.76. The number of hydrogen-bond acceptors (Lipinski definition) is 5. The number of phenols is 1. The highest BCUT2D eigenvalue weighted by molar-refractivity contribution is 5.80. The van der Waals surface area contributed by atoms with Gasteiger partial charge in [0.15, 0.2) is 12.6 Å². The molecule has 5 N–H and O–H groups in total. The third-order valence-corrected chi connectivity index (χ3v) is 5.93. The van der Waals surface area contributed by atoms with Crippen molar-refractivity contribution >= 4 is 11.9 Å². The van der Waals surface area contributed by atoms with Gasteiger partial charge < -0.3 is 25.6 Å². The van der Waals surface area contributed by atoms with Crippen molar-refractivity contribution < 1.29 is 29.9 Å². The Labute approximate surface area is 202 Å². The molecule has 7 heteroatoms. The molecule has 0 radical (unpaired) electrons. The molecule has 0 aliphatic heterocycles. The van der Waals surface area contributed by atoms with E-state index in [1.54, 1.807) is 6.07 Å². The Morgan fingerprint density at radius 2 is 1.71 bits per heavy atom. The molecule has 0 bridgehead atoms. The summed E-state index contributed by atoms with van der Waals surface area (Å²) in [5.41, 5.74) is 9.22. The molecule has 0 saturated carbocycles. The summed E-state index contributed by atoms with van der Waals surface area (Å²) in [5.74, 6) is 0.680. The molecule has 2 aromatic carbocycles. The maximum absolute atomic E-state index is 12.0. The average Bonchev–Trinajstić information content (AvgIpc) is 2.77. The van der Waals surface area contributed by atoms with Crippen LogP contribution in [-0.4, -0.2) is 42.8 Å². The fraction of sp³-hybridized carbons (Fsp3) is 0.481. The number of hydrogen-bond donors (Lipinski definition) is 3. The lowest BCUT2D eigenvalue weighted by Crippen LogP contribution is -2.69. The number of amides is 1. The first-order valence-electron chi connectivity index (χ1n) is 11.8. The van der Waals surface area contributed by atoms with E-state index in [0.29, 0.717) is 11.5 Å². The second-order valence-corrected chi connectivity index (χ2v) is 9.41. The zero-order valence-corrected chi connectivity index (χ0v) is 21.2. The van der Waals surface area contributed by atoms with Crippen LogP contribution in [0.5, 0.6) is 11.5 Å². The third-order valence-electron chi connectivity index (χ3n) is 5.93. The molecule has 1 unspecified atom stereocenters. The van der Waals surface area contributed by atoms with E-state index in [1.165, 1.54) is 5.56 Å². The number of aryl methyl sites for hydroxylation is 2. The number of rotatable bonds is 11. The molecule has 0 aliphatic carbocycles. The lowest BCUT2D eigenvalue weighted by Gasteiger charge is -2.15. The summed E-state index contributed by atoms with van der Waals surface area (Å²) in [4.78, 5) is 23.9. The Morgan fingerprint density at radius 3 is 2.29 bits per heavy atom. The van der Waals surface area contributed by atoms with Crippen LogP contribution in [0.3, 0.4) is 0 Å². The van der Waals surface area contributed by atoms with Crippen LogP contribution in [0.25, 0.3) is 0 Å². The van der Waals surface area contributed by atoms with Gasteiger partial charge in [-0.05, 0) is 72.2 Å². The molecule has 0 saturated heterocycles. The largest absolute Gasteiger partial charge is 0.508 e. The topological polar surface area (TPSA) is 112 Å². The lowest BCUT2D eigenvalue weighted by molar-refractivity contribution is -0.414. The van der Waals surface area contributed by atoms with E-state index >= 15 is 0 Å². The number of carbonyl (C=O) groups is 2. The Hall–Kier alpha value is -3.06. The van der Waals surface area contributed by atoms with Gasteiger partial charge in [-0.25, -0.2) is 4.79 Å². The summed E-state index contributed by atoms with van der Waals surface area (Å²) in [6, 6.07) is 9.26. The SMILES string of the molecule is Cc1cc(OCC(=O)OCCNC(=O)C([NH3+])C(C)C)cc(C)c1Cc1ccc(O)c(C(C)C)c1. The maximum Gasteiger partial charge on any atom is 0.344 e. The Bertz CT molecular complexity index is 978. The Kier molecular flexibility index (Phi) is 9.93. The van der Waals surface area contributed by atoms with Gasteiger partial charge in [0.2, 0.25) is 0 Å². The van der Waals surface area contributed by atoms with Gasteiger partial charge in [0.25, 0.3) is 5.91 Å². The minimum atomic E-state index is -0.492. The van der Waals surface area contributed by atoms with Gasteiger partial charge in [-0.3, -0.25) is 4.79 Å². The number of esters is 1. The molecular formula is C27H39N2O5+. The van der Waals surface area contributed by atoms with Crippen LogP contribution in [-0.2, 0) is 20.7 Å². The molecule has 7 nitrogen and oxygen atoms in total. The normalized spacial score (nSPS) is 12.0. The van der Waals surface area contributed by atoms with Crippen molar-refractivity contribution in [3.05, 3.63) is 58.1 Å². The van der Waals surface area contributed by atoms with Crippen molar-refractivity contribution in [3.8, 4) is 11.5 Å². The number of phenolic OH excluding ortho intramolecular Hbond substituents is 1. The number of ether oxygens (including phenoxy) is 2. The zero-order valence-electron chi connectivity index (χ0n) is 21.2. The maximum atomic E-state index is 12.0. The highest BCUT2D eigenvalue weighted by atomic mass is 16.6. The van der Waals surface area contributed by atoms with Crippen molar-refractivity contribution in [1.82, 2.24) is 5.32 Å². The van der Waals surface area contributed by atoms with E-state index < -0.39 is 5.97 Å². The monoisotopic (exact) mass is 471 g/mol. The average molecular weight is 472 g/mol. The van der Waals surface area contributed by atoms with Crippen LogP contribution < -0.4 is 15.8 Å². The van der Waals surface area contributed by atoms with Crippen LogP contribution in [0.2, 0.25) is 0 Å². The first-order valence-corrected chi connectivity index (χ1v) is 11.8. The fourth-order valence-corrected chi connectivity index (χ4v) is 3.65. The van der Waals surface area contributed by atoms with E-state index in [0.717, 1.165) is 28.7 Å². The molecule has 186 valence electrons. The molecule has 2 rings (SSSR count). The standard InChI is InChI=1S/C27H38N2O5/c1-16(2)22-13-20(7-8-24(22)30)14-23-18(5)11-21(12-19(23)6)34-15-25(31)33-10-9-29-27(32)26(28)17(3)4/h7-8,11-13,16-17,26,30H,9-10,14-15,28H2,1-6H3,(H,29,32)/p+1. The smallest absolute Gasteiger partial charge is 0.344 e. The molecule has 0 aromatic heterocycles. The summed E-state index contributed by atoms with van der Waals surface area (Å²) in [5, 5.41) is 12.8. The van der Waals surface area contributed by atoms with Gasteiger partial charge in [-0.15, -0.1) is 0 Å². The molecule has 0 heterocycles. The van der Waals surface area contributed by atoms with Crippen molar-refractivity contribution in [3.63, 3.8) is 0 Å². The summed E-state index contributed by atoms with van der Waals surface area (Å²) >= 11 is 0. The van der Waals surface area contributed by atoms with Crippen LogP contribution in [0.15, 0.2) is 30.3 Å². The quantitative estimate of drug-likeness (QED) is 0.344. The number of nitrogens with one attached hydrogen (secondary N) is 1. The second-order valence-electron chi connectivity index (χ2n) is 9.41. The molecule has 0 spiro atoms. The molecule has 0 aliphatic rings. The molecule has 0 fully saturated rings. The van der Waals surface area contributed by atoms with Crippen molar-refractivity contribution in [2.75, 3.05) is 19.8 Å². The Balaban J connectivity index is 1.88. The zero-order chi connectivity index (χ0) is 25.4. The molecular weight excluding hydrogens is 432 g/mol. The van der Waals surface area contributed by atoms with Crippen LogP contribution in [0.4, 0.5) is 0 Å². The van der Waals surface area contributed by atoms with Crippen molar-refractivity contribution in [2.24, 2.45) is 5.92 Å². The van der Waals surface area contributed by atoms with Crippen LogP contribution >= 0.6 is 0 Å². The van der Waals surface area contributed by atoms with E-state index in [9.17, 15) is 14.7 Å². The summed E-state index contributed by atoms with van der Waals surface area (Å²) < 4.78 is 10.8. The predicted molar refractivity (Wildman–Crippen MR) is 132 cm³/mol. The minimum Gasteiger partial charge on any atom is -0.508 e. The van der Waals surface area contributed by atoms with Crippen molar-refractivity contribution in [2.45, 2.75) is 59.9 Å². The summed E-state index contributed by atoms with van der Waals surface area (Å²) in [6.07, 6.45) is 0.747. The van der Waals surface area contributed by atoms with Gasteiger partial charge in [0.05, 0.1) is 6.54 Å². The highest BCUT2D eigenvalue weighted by Gasteiger charge is 2.20. The molecule has 2 aromatic rings. The van der Waals surface area contributed by atoms with Gasteiger partial charge in [0.1, 0.15) is 18.1 Å². The van der Waals surface area contributed by atoms with Gasteiger partial charge in [0, 0.05) is 5.92 Å². The molecule has 1 atom stereocenters. The number of aromatic hydroxyl groups is 1. The van der Waals surface area contributed by atoms with E-state index in [4.69, 9.17) is 9.47 Å². The summed E-state index contributed by atoms with van der Waals surface area (Å²) in [6.45, 7) is 12.2. The van der Waals surface area contributed by atoms with Gasteiger partial charge >= 0.3 is 5.97 Å². The van der Waals surface area contributed by atoms with E-state index in [-0.39, 0.29) is 43.5 Å². The lowest BCUT2D eigenvalue weighted by atomic mass is 9.93. The minimum absolute atomic E-state index is 0.0841. The second kappa shape index (κ2) is 12.4. The fourth-order valence-electron chi connectivity index (χ4n) is 3.65. The number of benzene rings is 2. The highest BCUT2D eigenvalue weighted by Crippen LogP contribution is 2.29. The first kappa shape index (κ1) is 27.2. The van der Waals surface area contributed by atoms with Crippen LogP contribution in [0, 0.1) is 19.8 Å². The number of quaternary nitrogens is 1.